The van der Waals surface area contributed by atoms with Crippen LogP contribution in [0.1, 0.15) is 100 Å². The van der Waals surface area contributed by atoms with Gasteiger partial charge in [0.2, 0.25) is 5.91 Å². The Hall–Kier alpha value is -3.99. The summed E-state index contributed by atoms with van der Waals surface area (Å²) in [6, 6.07) is 17.6. The number of benzene rings is 1. The Morgan fingerprint density at radius 1 is 0.885 bits per heavy atom. The number of anilines is 1. The van der Waals surface area contributed by atoms with Crippen LogP contribution in [0.25, 0.3) is 0 Å². The topological polar surface area (TPSA) is 157 Å². The number of amides is 2. The summed E-state index contributed by atoms with van der Waals surface area (Å²) in [7, 11) is 0. The first kappa shape index (κ1) is 36.4. The van der Waals surface area contributed by atoms with Gasteiger partial charge in [0.15, 0.2) is 0 Å². The standard InChI is InChI=1S/C42H53N5O5/c1-25(30-15-16-31-38-32(24-36(50)42(30,31)3)41(2)19-18-29(48)22-27(41)23-35(38)49)10-17-37(51)45-28-13-11-26(12-14-28)40(52)47-46-39(33-8-4-6-20-43-33)34-9-5-7-21-44-34/h4-9,11-14,20-21,25,27,29-32,35-36,38,48-50H,10,15-19,22-24H2,1-3H3,(H,45,51)(H,47,52)/t25-,27+,29-,30-,31+,32+,35-,36+,38+,41+,42-/m1/s1. The highest BCUT2D eigenvalue weighted by Gasteiger charge is 2.65. The van der Waals surface area contributed by atoms with Gasteiger partial charge < -0.3 is 20.6 Å². The largest absolute Gasteiger partial charge is 0.393 e. The molecule has 0 spiro atoms. The molecular weight excluding hydrogens is 654 g/mol. The first-order valence-corrected chi connectivity index (χ1v) is 19.1. The normalized spacial score (nSPS) is 34.2. The minimum atomic E-state index is -0.449. The van der Waals surface area contributed by atoms with E-state index in [2.05, 4.69) is 46.6 Å². The molecule has 52 heavy (non-hydrogen) atoms. The van der Waals surface area contributed by atoms with Crippen molar-refractivity contribution in [3.05, 3.63) is 90.0 Å². The lowest BCUT2D eigenvalue weighted by Crippen LogP contribution is -2.62. The summed E-state index contributed by atoms with van der Waals surface area (Å²) in [5.41, 5.74) is 4.96. The number of rotatable bonds is 9. The van der Waals surface area contributed by atoms with Crippen molar-refractivity contribution in [2.45, 2.75) is 96.9 Å². The number of aliphatic hydroxyl groups is 3. The van der Waals surface area contributed by atoms with Crippen molar-refractivity contribution in [2.24, 2.45) is 51.4 Å². The molecule has 2 heterocycles. The fourth-order valence-corrected chi connectivity index (χ4v) is 11.0. The number of hydrogen-bond acceptors (Lipinski definition) is 8. The van der Waals surface area contributed by atoms with Gasteiger partial charge in [0.1, 0.15) is 5.71 Å². The summed E-state index contributed by atoms with van der Waals surface area (Å²) in [6.45, 7) is 6.82. The van der Waals surface area contributed by atoms with Crippen LogP contribution < -0.4 is 10.7 Å². The number of aromatic nitrogens is 2. The molecular formula is C42H53N5O5. The second kappa shape index (κ2) is 14.8. The lowest BCUT2D eigenvalue weighted by Gasteiger charge is -2.63. The van der Waals surface area contributed by atoms with Gasteiger partial charge in [-0.25, -0.2) is 5.43 Å². The van der Waals surface area contributed by atoms with Crippen LogP contribution in [0, 0.1) is 46.3 Å². The van der Waals surface area contributed by atoms with Gasteiger partial charge in [-0.05, 0) is 146 Å². The van der Waals surface area contributed by atoms with Crippen molar-refractivity contribution in [3.8, 4) is 0 Å². The van der Waals surface area contributed by atoms with E-state index >= 15 is 0 Å². The first-order valence-electron chi connectivity index (χ1n) is 19.1. The predicted molar refractivity (Wildman–Crippen MR) is 199 cm³/mol. The molecule has 0 bridgehead atoms. The van der Waals surface area contributed by atoms with Crippen LogP contribution in [0.2, 0.25) is 0 Å². The third-order valence-corrected chi connectivity index (χ3v) is 13.9. The van der Waals surface area contributed by atoms with E-state index in [4.69, 9.17) is 0 Å². The number of nitrogens with one attached hydrogen (secondary N) is 2. The number of aliphatic hydroxyl groups excluding tert-OH is 3. The summed E-state index contributed by atoms with van der Waals surface area (Å²) in [6.07, 6.45) is 9.21. The highest BCUT2D eigenvalue weighted by Crippen LogP contribution is 2.68. The Labute approximate surface area is 306 Å². The molecule has 1 aromatic carbocycles. The van der Waals surface area contributed by atoms with Gasteiger partial charge in [-0.3, -0.25) is 19.6 Å². The Balaban J connectivity index is 0.944. The number of hydrazone groups is 1. The van der Waals surface area contributed by atoms with Crippen LogP contribution in [0.3, 0.4) is 0 Å². The number of nitrogens with zero attached hydrogens (tertiary/aromatic N) is 3. The molecule has 0 unspecified atom stereocenters. The highest BCUT2D eigenvalue weighted by atomic mass is 16.3. The minimum absolute atomic E-state index is 0.0485. The zero-order chi connectivity index (χ0) is 36.6. The summed E-state index contributed by atoms with van der Waals surface area (Å²) >= 11 is 0. The molecule has 5 N–H and O–H groups in total. The van der Waals surface area contributed by atoms with Crippen LogP contribution >= 0.6 is 0 Å². The molecule has 2 amide bonds. The number of pyridine rings is 2. The molecule has 2 aromatic heterocycles. The van der Waals surface area contributed by atoms with Gasteiger partial charge in [-0.2, -0.15) is 5.10 Å². The molecule has 0 radical (unpaired) electrons. The van der Waals surface area contributed by atoms with Crippen LogP contribution in [-0.2, 0) is 4.79 Å². The molecule has 11 atom stereocenters. The molecule has 4 aliphatic rings. The molecule has 10 heteroatoms. The second-order valence-corrected chi connectivity index (χ2v) is 16.5. The molecule has 4 saturated carbocycles. The number of carbonyl (C=O) groups excluding carboxylic acids is 2. The Bertz CT molecular complexity index is 1710. The number of hydrogen-bond donors (Lipinski definition) is 5. The molecule has 0 aliphatic heterocycles. The van der Waals surface area contributed by atoms with Crippen molar-refractivity contribution in [3.63, 3.8) is 0 Å². The Kier molecular flexibility index (Phi) is 10.3. The first-order chi connectivity index (χ1) is 25.0. The van der Waals surface area contributed by atoms with Gasteiger partial charge in [-0.15, -0.1) is 0 Å². The highest BCUT2D eigenvalue weighted by molar-refractivity contribution is 6.11. The maximum absolute atomic E-state index is 13.1. The van der Waals surface area contributed by atoms with E-state index < -0.39 is 18.1 Å². The van der Waals surface area contributed by atoms with Crippen molar-refractivity contribution < 1.29 is 24.9 Å². The maximum atomic E-state index is 13.1. The molecule has 10 nitrogen and oxygen atoms in total. The van der Waals surface area contributed by atoms with Gasteiger partial charge >= 0.3 is 0 Å². The van der Waals surface area contributed by atoms with E-state index in [0.29, 0.717) is 53.5 Å². The fraction of sp³-hybridized carbons (Fsp3) is 0.548. The van der Waals surface area contributed by atoms with Crippen molar-refractivity contribution in [2.75, 3.05) is 5.32 Å². The monoisotopic (exact) mass is 707 g/mol. The lowest BCUT2D eigenvalue weighted by molar-refractivity contribution is -0.207. The zero-order valence-electron chi connectivity index (χ0n) is 30.5. The maximum Gasteiger partial charge on any atom is 0.271 e. The smallest absolute Gasteiger partial charge is 0.271 e. The average Bonchev–Trinajstić information content (AvgIpc) is 3.51. The Morgan fingerprint density at radius 3 is 2.23 bits per heavy atom. The van der Waals surface area contributed by atoms with Gasteiger partial charge in [0.25, 0.3) is 5.91 Å². The van der Waals surface area contributed by atoms with Crippen molar-refractivity contribution in [1.29, 1.82) is 0 Å². The van der Waals surface area contributed by atoms with Crippen LogP contribution in [-0.4, -0.2) is 61.1 Å². The molecule has 276 valence electrons. The third-order valence-electron chi connectivity index (χ3n) is 13.9. The summed E-state index contributed by atoms with van der Waals surface area (Å²) in [5.74, 6) is 0.999. The molecule has 3 aromatic rings. The molecule has 7 rings (SSSR count). The second-order valence-electron chi connectivity index (χ2n) is 16.5. The quantitative estimate of drug-likeness (QED) is 0.135. The van der Waals surface area contributed by atoms with Gasteiger partial charge in [0.05, 0.1) is 29.7 Å². The summed E-state index contributed by atoms with van der Waals surface area (Å²) < 4.78 is 0. The third kappa shape index (κ3) is 6.81. The van der Waals surface area contributed by atoms with E-state index in [1.165, 1.54) is 0 Å². The molecule has 0 saturated heterocycles. The van der Waals surface area contributed by atoms with Crippen molar-refractivity contribution in [1.82, 2.24) is 15.4 Å². The number of carbonyl (C=O) groups is 2. The summed E-state index contributed by atoms with van der Waals surface area (Å²) in [4.78, 5) is 34.8. The SMILES string of the molecule is C[C@H](CCC(=O)Nc1ccc(C(=O)NN=C(c2ccccn2)c2ccccn2)cc1)[C@H]1CC[C@H]2[C@@H]3[C@H](O)C[C@@H]4C[C@H](O)CC[C@]4(C)[C@H]3C[C@H](O)[C@]12C. The van der Waals surface area contributed by atoms with Gasteiger partial charge in [0, 0.05) is 30.1 Å². The van der Waals surface area contributed by atoms with Gasteiger partial charge in [-0.1, -0.05) is 32.9 Å². The van der Waals surface area contributed by atoms with E-state index in [-0.39, 0.29) is 52.4 Å². The molecule has 4 fully saturated rings. The number of fused-ring (bicyclic) bond motifs is 5. The van der Waals surface area contributed by atoms with Crippen LogP contribution in [0.15, 0.2) is 78.2 Å². The average molecular weight is 708 g/mol. The van der Waals surface area contributed by atoms with E-state index in [1.807, 2.05) is 24.3 Å². The van der Waals surface area contributed by atoms with Crippen LogP contribution in [0.5, 0.6) is 0 Å². The van der Waals surface area contributed by atoms with E-state index in [1.54, 1.807) is 48.8 Å². The Morgan fingerprint density at radius 2 is 1.58 bits per heavy atom. The predicted octanol–water partition coefficient (Wildman–Crippen LogP) is 5.98. The minimum Gasteiger partial charge on any atom is -0.393 e. The zero-order valence-corrected chi connectivity index (χ0v) is 30.5. The fourth-order valence-electron chi connectivity index (χ4n) is 11.0. The van der Waals surface area contributed by atoms with Crippen molar-refractivity contribution >= 4 is 23.2 Å². The molecule has 4 aliphatic carbocycles. The van der Waals surface area contributed by atoms with E-state index in [0.717, 1.165) is 38.5 Å². The van der Waals surface area contributed by atoms with E-state index in [9.17, 15) is 24.9 Å². The van der Waals surface area contributed by atoms with Crippen LogP contribution in [0.4, 0.5) is 5.69 Å². The summed E-state index contributed by atoms with van der Waals surface area (Å²) in [5, 5.41) is 41.2. The lowest BCUT2D eigenvalue weighted by atomic mass is 9.43.